The Balaban J connectivity index is 1.49. The van der Waals surface area contributed by atoms with Crippen LogP contribution in [0.15, 0.2) is 24.3 Å². The van der Waals surface area contributed by atoms with Crippen molar-refractivity contribution in [2.24, 2.45) is 11.3 Å². The Labute approximate surface area is 135 Å². The smallest absolute Gasteiger partial charge is 0.122 e. The number of piperidine rings is 1. The number of hydrogen-bond acceptors (Lipinski definition) is 3. The fourth-order valence-electron chi connectivity index (χ4n) is 4.07. The molecule has 122 valence electrons. The highest BCUT2D eigenvalue weighted by molar-refractivity contribution is 5.33. The third-order valence-electron chi connectivity index (χ3n) is 5.47. The number of para-hydroxylation sites is 1. The maximum Gasteiger partial charge on any atom is 0.122 e. The van der Waals surface area contributed by atoms with E-state index < -0.39 is 0 Å². The minimum absolute atomic E-state index is 0.496. The van der Waals surface area contributed by atoms with Gasteiger partial charge in [0, 0.05) is 13.1 Å². The highest BCUT2D eigenvalue weighted by atomic mass is 16.5. The maximum atomic E-state index is 5.49. The van der Waals surface area contributed by atoms with Crippen LogP contribution in [-0.2, 0) is 6.42 Å². The molecular formula is C19H30N2O. The third kappa shape index (κ3) is 3.82. The molecule has 3 nitrogen and oxygen atoms in total. The average Bonchev–Trinajstić information content (AvgIpc) is 2.96. The molecule has 2 heterocycles. The van der Waals surface area contributed by atoms with E-state index >= 15 is 0 Å². The summed E-state index contributed by atoms with van der Waals surface area (Å²) >= 11 is 0. The van der Waals surface area contributed by atoms with Crippen LogP contribution in [0.2, 0.25) is 0 Å². The van der Waals surface area contributed by atoms with E-state index in [1.807, 2.05) is 0 Å². The van der Waals surface area contributed by atoms with E-state index in [4.69, 9.17) is 4.74 Å². The molecule has 3 rings (SSSR count). The van der Waals surface area contributed by atoms with E-state index in [0.717, 1.165) is 18.1 Å². The third-order valence-corrected chi connectivity index (χ3v) is 5.47. The first-order chi connectivity index (χ1) is 10.7. The van der Waals surface area contributed by atoms with Gasteiger partial charge >= 0.3 is 0 Å². The fraction of sp³-hybridized carbons (Fsp3) is 0.684. The molecule has 2 aliphatic rings. The Bertz CT molecular complexity index is 474. The number of benzene rings is 1. The van der Waals surface area contributed by atoms with E-state index in [1.54, 1.807) is 7.11 Å². The van der Waals surface area contributed by atoms with Crippen molar-refractivity contribution in [3.63, 3.8) is 0 Å². The highest BCUT2D eigenvalue weighted by Gasteiger charge is 2.32. The van der Waals surface area contributed by atoms with Crippen LogP contribution in [0, 0.1) is 11.3 Å². The maximum absolute atomic E-state index is 5.49. The Morgan fingerprint density at radius 1 is 1.27 bits per heavy atom. The van der Waals surface area contributed by atoms with Crippen LogP contribution in [0.25, 0.3) is 0 Å². The second-order valence-corrected chi connectivity index (χ2v) is 7.47. The Morgan fingerprint density at radius 2 is 2.05 bits per heavy atom. The molecule has 1 N–H and O–H groups in total. The molecule has 0 aliphatic carbocycles. The number of likely N-dealkylation sites (tertiary alicyclic amines) is 1. The Morgan fingerprint density at radius 3 is 2.73 bits per heavy atom. The van der Waals surface area contributed by atoms with Crippen LogP contribution >= 0.6 is 0 Å². The summed E-state index contributed by atoms with van der Waals surface area (Å²) in [6.07, 6.45) is 5.13. The second kappa shape index (κ2) is 7.01. The van der Waals surface area contributed by atoms with Gasteiger partial charge in [-0.25, -0.2) is 0 Å². The van der Waals surface area contributed by atoms with Gasteiger partial charge in [0.25, 0.3) is 0 Å². The summed E-state index contributed by atoms with van der Waals surface area (Å²) in [5.41, 5.74) is 1.87. The lowest BCUT2D eigenvalue weighted by Gasteiger charge is -2.37. The van der Waals surface area contributed by atoms with Gasteiger partial charge in [-0.2, -0.15) is 0 Å². The molecule has 2 aliphatic heterocycles. The number of nitrogens with one attached hydrogen (secondary N) is 1. The first-order valence-corrected chi connectivity index (χ1v) is 8.73. The molecular weight excluding hydrogens is 272 g/mol. The highest BCUT2D eigenvalue weighted by Crippen LogP contribution is 2.30. The van der Waals surface area contributed by atoms with E-state index in [0.29, 0.717) is 5.41 Å². The summed E-state index contributed by atoms with van der Waals surface area (Å²) in [7, 11) is 1.78. The molecule has 0 amide bonds. The van der Waals surface area contributed by atoms with Crippen molar-refractivity contribution in [3.8, 4) is 5.75 Å². The molecule has 0 spiro atoms. The molecule has 1 aromatic carbocycles. The molecule has 0 saturated carbocycles. The van der Waals surface area contributed by atoms with Crippen LogP contribution in [0.3, 0.4) is 0 Å². The van der Waals surface area contributed by atoms with Crippen molar-refractivity contribution >= 4 is 0 Å². The SMILES string of the molecule is COc1ccccc1CC1CCN(CC2(C)CCNC2)CC1. The zero-order valence-electron chi connectivity index (χ0n) is 14.1. The first kappa shape index (κ1) is 15.8. The van der Waals surface area contributed by atoms with Gasteiger partial charge in [-0.05, 0) is 68.3 Å². The van der Waals surface area contributed by atoms with Crippen LogP contribution in [0.5, 0.6) is 5.75 Å². The topological polar surface area (TPSA) is 24.5 Å². The van der Waals surface area contributed by atoms with E-state index in [9.17, 15) is 0 Å². The molecule has 1 unspecified atom stereocenters. The van der Waals surface area contributed by atoms with Crippen LogP contribution in [-0.4, -0.2) is 44.7 Å². The summed E-state index contributed by atoms with van der Waals surface area (Å²) in [5, 5.41) is 3.52. The zero-order valence-corrected chi connectivity index (χ0v) is 14.1. The van der Waals surface area contributed by atoms with Gasteiger partial charge in [0.15, 0.2) is 0 Å². The van der Waals surface area contributed by atoms with Gasteiger partial charge in [0.05, 0.1) is 7.11 Å². The number of nitrogens with zero attached hydrogens (tertiary/aromatic N) is 1. The quantitative estimate of drug-likeness (QED) is 0.905. The molecule has 22 heavy (non-hydrogen) atoms. The van der Waals surface area contributed by atoms with Gasteiger partial charge in [-0.15, -0.1) is 0 Å². The molecule has 1 atom stereocenters. The first-order valence-electron chi connectivity index (χ1n) is 8.73. The van der Waals surface area contributed by atoms with Crippen molar-refractivity contribution in [1.29, 1.82) is 0 Å². The number of rotatable bonds is 5. The van der Waals surface area contributed by atoms with E-state index in [2.05, 4.69) is 41.4 Å². The monoisotopic (exact) mass is 302 g/mol. The number of ether oxygens (including phenoxy) is 1. The molecule has 1 aromatic rings. The molecule has 2 saturated heterocycles. The minimum Gasteiger partial charge on any atom is -0.496 e. The van der Waals surface area contributed by atoms with Crippen molar-refractivity contribution in [2.75, 3.05) is 39.8 Å². The van der Waals surface area contributed by atoms with Gasteiger partial charge in [-0.3, -0.25) is 0 Å². The molecule has 2 fully saturated rings. The normalized spacial score (nSPS) is 27.2. The lowest BCUT2D eigenvalue weighted by molar-refractivity contribution is 0.128. The predicted molar refractivity (Wildman–Crippen MR) is 91.5 cm³/mol. The van der Waals surface area contributed by atoms with Crippen molar-refractivity contribution in [3.05, 3.63) is 29.8 Å². The predicted octanol–water partition coefficient (Wildman–Crippen LogP) is 2.95. The van der Waals surface area contributed by atoms with E-state index in [-0.39, 0.29) is 0 Å². The number of hydrogen-bond donors (Lipinski definition) is 1. The summed E-state index contributed by atoms with van der Waals surface area (Å²) in [4.78, 5) is 2.69. The second-order valence-electron chi connectivity index (χ2n) is 7.47. The fourth-order valence-corrected chi connectivity index (χ4v) is 4.07. The molecule has 0 aromatic heterocycles. The van der Waals surface area contributed by atoms with Gasteiger partial charge < -0.3 is 15.0 Å². The Kier molecular flexibility index (Phi) is 5.04. The summed E-state index contributed by atoms with van der Waals surface area (Å²) < 4.78 is 5.49. The van der Waals surface area contributed by atoms with Gasteiger partial charge in [0.1, 0.15) is 5.75 Å². The van der Waals surface area contributed by atoms with Crippen molar-refractivity contribution in [2.45, 2.75) is 32.6 Å². The molecule has 0 radical (unpaired) electrons. The van der Waals surface area contributed by atoms with Crippen molar-refractivity contribution in [1.82, 2.24) is 10.2 Å². The van der Waals surface area contributed by atoms with Gasteiger partial charge in [-0.1, -0.05) is 25.1 Å². The molecule has 0 bridgehead atoms. The van der Waals surface area contributed by atoms with Crippen LogP contribution in [0.1, 0.15) is 31.7 Å². The summed E-state index contributed by atoms with van der Waals surface area (Å²) in [6, 6.07) is 8.48. The standard InChI is InChI=1S/C19H30N2O/c1-19(9-10-20-14-19)15-21-11-7-16(8-12-21)13-17-5-3-4-6-18(17)22-2/h3-6,16,20H,7-15H2,1-2H3. The zero-order chi connectivity index (χ0) is 15.4. The number of methoxy groups -OCH3 is 1. The lowest BCUT2D eigenvalue weighted by Crippen LogP contribution is -2.42. The summed E-state index contributed by atoms with van der Waals surface area (Å²) in [6.45, 7) is 8.61. The average molecular weight is 302 g/mol. The molecule has 3 heteroatoms. The van der Waals surface area contributed by atoms with Crippen LogP contribution in [0.4, 0.5) is 0 Å². The Hall–Kier alpha value is -1.06. The van der Waals surface area contributed by atoms with E-state index in [1.165, 1.54) is 57.5 Å². The lowest BCUT2D eigenvalue weighted by atomic mass is 9.86. The largest absolute Gasteiger partial charge is 0.496 e. The van der Waals surface area contributed by atoms with Crippen LogP contribution < -0.4 is 10.1 Å². The van der Waals surface area contributed by atoms with Gasteiger partial charge in [0.2, 0.25) is 0 Å². The minimum atomic E-state index is 0.496. The van der Waals surface area contributed by atoms with Crippen molar-refractivity contribution < 1.29 is 4.74 Å². The summed E-state index contributed by atoms with van der Waals surface area (Å²) in [5.74, 6) is 1.86.